The standard InChI is InChI=1S/C32H34F4N4O.CH5NS.CH2O2/c1-18-25(21-8-6-20(7-9-21)22-10-13-30-29(14-22)37-19(2)40(30)5)16-24(39(3)4)17-26(18)31(41)38-28-12-11-23(15-27(28)33)32(34,35)36;1-2-3;2-1-3/h6-15,18,24-26H,16-17H2,1-5H3,(H,38,41);2-3H,1H3;1H,(H,2,3)/t18-,24?,25?,26?;;/m1../s1. The van der Waals surface area contributed by atoms with Crippen LogP contribution < -0.4 is 10.0 Å². The van der Waals surface area contributed by atoms with E-state index in [9.17, 15) is 22.4 Å². The lowest BCUT2D eigenvalue weighted by Gasteiger charge is -2.42. The van der Waals surface area contributed by atoms with Gasteiger partial charge in [-0.15, -0.1) is 0 Å². The molecule has 3 N–H and O–H groups in total. The molecule has 13 heteroatoms. The summed E-state index contributed by atoms with van der Waals surface area (Å²) >= 11 is 3.54. The van der Waals surface area contributed by atoms with Crippen LogP contribution in [0.2, 0.25) is 0 Å². The summed E-state index contributed by atoms with van der Waals surface area (Å²) in [5.74, 6) is -0.983. The Labute approximate surface area is 277 Å². The second kappa shape index (κ2) is 16.2. The average molecular weight is 676 g/mol. The Balaban J connectivity index is 0.000000930. The van der Waals surface area contributed by atoms with E-state index in [2.05, 4.69) is 79.8 Å². The predicted molar refractivity (Wildman–Crippen MR) is 180 cm³/mol. The number of hydrogen-bond acceptors (Lipinski definition) is 6. The minimum atomic E-state index is -4.66. The Morgan fingerprint density at radius 3 is 2.21 bits per heavy atom. The molecule has 47 heavy (non-hydrogen) atoms. The number of rotatable bonds is 5. The second-order valence-corrected chi connectivity index (χ2v) is 12.2. The normalized spacial score (nSPS) is 19.3. The number of nitrogens with one attached hydrogen (secondary N) is 2. The van der Waals surface area contributed by atoms with Gasteiger partial charge in [0, 0.05) is 19.0 Å². The molecule has 1 saturated carbocycles. The fourth-order valence-electron chi connectivity index (χ4n) is 6.04. The summed E-state index contributed by atoms with van der Waals surface area (Å²) in [6, 6.07) is 16.9. The van der Waals surface area contributed by atoms with Gasteiger partial charge in [0.2, 0.25) is 5.91 Å². The largest absolute Gasteiger partial charge is 0.483 e. The second-order valence-electron chi connectivity index (χ2n) is 11.7. The van der Waals surface area contributed by atoms with Gasteiger partial charge in [-0.1, -0.05) is 50.1 Å². The number of aromatic nitrogens is 2. The van der Waals surface area contributed by atoms with Crippen molar-refractivity contribution in [1.29, 1.82) is 0 Å². The summed E-state index contributed by atoms with van der Waals surface area (Å²) in [7, 11) is 7.68. The third kappa shape index (κ3) is 9.11. The van der Waals surface area contributed by atoms with E-state index in [1.54, 1.807) is 7.05 Å². The first-order chi connectivity index (χ1) is 22.2. The summed E-state index contributed by atoms with van der Waals surface area (Å²) in [4.78, 5) is 28.5. The van der Waals surface area contributed by atoms with Gasteiger partial charge >= 0.3 is 6.18 Å². The van der Waals surface area contributed by atoms with Crippen molar-refractivity contribution >= 4 is 41.9 Å². The summed E-state index contributed by atoms with van der Waals surface area (Å²) < 4.78 is 57.9. The Bertz CT molecular complexity index is 1660. The molecule has 4 aromatic rings. The zero-order valence-electron chi connectivity index (χ0n) is 27.1. The van der Waals surface area contributed by atoms with Gasteiger partial charge in [0.15, 0.2) is 0 Å². The highest BCUT2D eigenvalue weighted by Gasteiger charge is 2.40. The van der Waals surface area contributed by atoms with Crippen LogP contribution in [0.15, 0.2) is 60.7 Å². The van der Waals surface area contributed by atoms with Gasteiger partial charge in [0.1, 0.15) is 11.6 Å². The first kappa shape index (κ1) is 37.5. The van der Waals surface area contributed by atoms with Gasteiger partial charge in [-0.25, -0.2) is 9.37 Å². The molecule has 1 aliphatic rings. The number of carbonyl (C=O) groups excluding carboxylic acids is 1. The number of imidazole rings is 1. The van der Waals surface area contributed by atoms with Crippen molar-refractivity contribution in [1.82, 2.24) is 19.2 Å². The molecule has 0 aliphatic heterocycles. The monoisotopic (exact) mass is 675 g/mol. The third-order valence-corrected chi connectivity index (χ3v) is 8.72. The maximum atomic E-state index is 14.5. The van der Waals surface area contributed by atoms with E-state index in [-0.39, 0.29) is 35.9 Å². The van der Waals surface area contributed by atoms with Gasteiger partial charge in [-0.2, -0.15) is 13.2 Å². The van der Waals surface area contributed by atoms with E-state index in [0.29, 0.717) is 12.5 Å². The molecule has 1 heterocycles. The van der Waals surface area contributed by atoms with Crippen LogP contribution >= 0.6 is 12.8 Å². The number of aryl methyl sites for hydroxylation is 2. The van der Waals surface area contributed by atoms with Crippen molar-refractivity contribution in [2.24, 2.45) is 18.9 Å². The van der Waals surface area contributed by atoms with Crippen LogP contribution in [0.3, 0.4) is 0 Å². The molecule has 3 unspecified atom stereocenters. The molecule has 1 aromatic heterocycles. The Morgan fingerprint density at radius 1 is 1.06 bits per heavy atom. The van der Waals surface area contributed by atoms with Crippen molar-refractivity contribution < 1.29 is 32.3 Å². The Hall–Kier alpha value is -3.94. The lowest BCUT2D eigenvalue weighted by Crippen LogP contribution is -2.44. The zero-order valence-corrected chi connectivity index (χ0v) is 28.0. The molecule has 0 saturated heterocycles. The zero-order chi connectivity index (χ0) is 35.1. The van der Waals surface area contributed by atoms with Crippen LogP contribution in [0, 0.1) is 24.6 Å². The quantitative estimate of drug-likeness (QED) is 0.102. The first-order valence-electron chi connectivity index (χ1n) is 14.9. The van der Waals surface area contributed by atoms with Gasteiger partial charge in [0.25, 0.3) is 6.47 Å². The molecular formula is C34H41F4N5O3S. The number of thiol groups is 1. The van der Waals surface area contributed by atoms with E-state index < -0.39 is 23.5 Å². The van der Waals surface area contributed by atoms with Gasteiger partial charge < -0.3 is 19.9 Å². The lowest BCUT2D eigenvalue weighted by atomic mass is 9.67. The van der Waals surface area contributed by atoms with E-state index in [1.807, 2.05) is 35.0 Å². The molecular weight excluding hydrogens is 634 g/mol. The smallest absolute Gasteiger partial charge is 0.416 e. The van der Waals surface area contributed by atoms with Crippen LogP contribution in [0.4, 0.5) is 23.2 Å². The van der Waals surface area contributed by atoms with Crippen LogP contribution in [0.25, 0.3) is 22.2 Å². The number of hydrogen-bond donors (Lipinski definition) is 4. The molecule has 1 amide bonds. The maximum absolute atomic E-state index is 14.5. The fourth-order valence-corrected chi connectivity index (χ4v) is 6.04. The van der Waals surface area contributed by atoms with Crippen molar-refractivity contribution in [3.05, 3.63) is 83.4 Å². The number of nitrogens with zero attached hydrogens (tertiary/aromatic N) is 3. The fraction of sp³-hybridized carbons (Fsp3) is 0.382. The van der Waals surface area contributed by atoms with Crippen molar-refractivity contribution in [2.45, 2.75) is 44.8 Å². The summed E-state index contributed by atoms with van der Waals surface area (Å²) in [5, 5.41) is 9.45. The van der Waals surface area contributed by atoms with Gasteiger partial charge in [-0.3, -0.25) is 14.3 Å². The number of amides is 1. The molecule has 4 atom stereocenters. The molecule has 0 radical (unpaired) electrons. The molecule has 1 fully saturated rings. The van der Waals surface area contributed by atoms with Crippen LogP contribution in [0.1, 0.15) is 42.6 Å². The maximum Gasteiger partial charge on any atom is 0.416 e. The summed E-state index contributed by atoms with van der Waals surface area (Å²) in [6.07, 6.45) is -3.24. The van der Waals surface area contributed by atoms with Crippen molar-refractivity contribution in [3.8, 4) is 11.1 Å². The highest BCUT2D eigenvalue weighted by atomic mass is 32.1. The average Bonchev–Trinajstić information content (AvgIpc) is 3.30. The van der Waals surface area contributed by atoms with E-state index in [1.165, 1.54) is 0 Å². The highest BCUT2D eigenvalue weighted by molar-refractivity contribution is 7.78. The SMILES string of the molecule is CNS.Cc1nc2cc(-c3ccc(C4CC(N(C)C)CC(C(=O)Nc5ccc(C(F)(F)F)cc5F)[C@@H]4C)cc3)ccc2n1C.O=CO. The number of carboxylic acid groups (broad SMARTS) is 1. The molecule has 8 nitrogen and oxygen atoms in total. The van der Waals surface area contributed by atoms with E-state index >= 15 is 0 Å². The summed E-state index contributed by atoms with van der Waals surface area (Å²) in [6.45, 7) is 3.75. The third-order valence-electron chi connectivity index (χ3n) is 8.72. The van der Waals surface area contributed by atoms with Crippen LogP contribution in [0.5, 0.6) is 0 Å². The first-order valence-corrected chi connectivity index (χ1v) is 15.4. The lowest BCUT2D eigenvalue weighted by molar-refractivity contribution is -0.137. The number of anilines is 1. The number of carbonyl (C=O) groups is 2. The van der Waals surface area contributed by atoms with Crippen molar-refractivity contribution in [2.75, 3.05) is 26.5 Å². The molecule has 3 aromatic carbocycles. The molecule has 5 rings (SSSR count). The van der Waals surface area contributed by atoms with Gasteiger partial charge in [-0.05, 0) is 99.8 Å². The van der Waals surface area contributed by atoms with E-state index in [0.717, 1.165) is 52.1 Å². The van der Waals surface area contributed by atoms with E-state index in [4.69, 9.17) is 9.90 Å². The molecule has 254 valence electrons. The Morgan fingerprint density at radius 2 is 1.66 bits per heavy atom. The minimum Gasteiger partial charge on any atom is -0.483 e. The van der Waals surface area contributed by atoms with Crippen LogP contribution in [-0.2, 0) is 22.8 Å². The number of fused-ring (bicyclic) bond motifs is 1. The number of halogens is 4. The topological polar surface area (TPSA) is 99.5 Å². The predicted octanol–water partition coefficient (Wildman–Crippen LogP) is 7.16. The minimum absolute atomic E-state index is 0.0672. The molecule has 0 spiro atoms. The highest BCUT2D eigenvalue weighted by Crippen LogP contribution is 2.43. The number of alkyl halides is 3. The van der Waals surface area contributed by atoms with Gasteiger partial charge in [0.05, 0.1) is 22.3 Å². The van der Waals surface area contributed by atoms with Crippen molar-refractivity contribution in [3.63, 3.8) is 0 Å². The number of benzene rings is 3. The van der Waals surface area contributed by atoms with Crippen LogP contribution in [-0.4, -0.2) is 59.1 Å². The molecule has 0 bridgehead atoms. The molecule has 1 aliphatic carbocycles. The Kier molecular flexibility index (Phi) is 13.0. The summed E-state index contributed by atoms with van der Waals surface area (Å²) in [5.41, 5.74) is 3.93.